The van der Waals surface area contributed by atoms with E-state index >= 15 is 0 Å². The van der Waals surface area contributed by atoms with Crippen molar-refractivity contribution in [2.24, 2.45) is 0 Å². The first-order valence-electron chi connectivity index (χ1n) is 5.69. The van der Waals surface area contributed by atoms with Gasteiger partial charge in [-0.05, 0) is 43.9 Å². The molecule has 4 nitrogen and oxygen atoms in total. The number of aryl methyl sites for hydroxylation is 2. The summed E-state index contributed by atoms with van der Waals surface area (Å²) in [4.78, 5) is 11.5. The van der Waals surface area contributed by atoms with Crippen molar-refractivity contribution < 1.29 is 14.6 Å². The lowest BCUT2D eigenvalue weighted by molar-refractivity contribution is 0.198. The van der Waals surface area contributed by atoms with Gasteiger partial charge in [0.25, 0.3) is 0 Å². The smallest absolute Gasteiger partial charge is 0.410 e. The number of benzene rings is 1. The van der Waals surface area contributed by atoms with E-state index in [4.69, 9.17) is 9.84 Å². The fraction of sp³-hybridized carbons (Fsp3) is 0.462. The van der Waals surface area contributed by atoms with Gasteiger partial charge in [-0.15, -0.1) is 0 Å². The molecule has 2 N–H and O–H groups in total. The van der Waals surface area contributed by atoms with Gasteiger partial charge in [0.05, 0.1) is 0 Å². The van der Waals surface area contributed by atoms with Crippen LogP contribution in [0.25, 0.3) is 0 Å². The first kappa shape index (κ1) is 13.5. The second-order valence-corrected chi connectivity index (χ2v) is 4.05. The Hall–Kier alpha value is -1.55. The summed E-state index contributed by atoms with van der Waals surface area (Å²) >= 11 is 0. The minimum absolute atomic E-state index is 0.0583. The third-order valence-corrected chi connectivity index (χ3v) is 2.67. The zero-order chi connectivity index (χ0) is 12.8. The molecule has 1 aromatic carbocycles. The molecule has 1 amide bonds. The maximum Gasteiger partial charge on any atom is 0.412 e. The fourth-order valence-corrected chi connectivity index (χ4v) is 1.48. The Bertz CT molecular complexity index is 402. The molecule has 0 unspecified atom stereocenters. The Labute approximate surface area is 102 Å². The van der Waals surface area contributed by atoms with Crippen LogP contribution in [0.2, 0.25) is 0 Å². The second-order valence-electron chi connectivity index (χ2n) is 4.05. The van der Waals surface area contributed by atoms with Crippen LogP contribution in [-0.2, 0) is 0 Å². The standard InChI is InChI=1S/C13H19NO3/c1-9-5-6-10(2)12(11(9)3)17-13(16)14-7-4-8-15/h5-6,15H,4,7-8H2,1-3H3,(H,14,16). The van der Waals surface area contributed by atoms with Crippen molar-refractivity contribution >= 4 is 6.09 Å². The van der Waals surface area contributed by atoms with Gasteiger partial charge in [-0.2, -0.15) is 0 Å². The number of nitrogens with one attached hydrogen (secondary N) is 1. The number of aliphatic hydroxyl groups excluding tert-OH is 1. The van der Waals surface area contributed by atoms with Crippen LogP contribution in [0.3, 0.4) is 0 Å². The summed E-state index contributed by atoms with van der Waals surface area (Å²) in [5.74, 6) is 0.617. The molecule has 0 aromatic heterocycles. The molecule has 0 bridgehead atoms. The van der Waals surface area contributed by atoms with E-state index in [2.05, 4.69) is 5.32 Å². The molecule has 0 radical (unpaired) electrons. The summed E-state index contributed by atoms with van der Waals surface area (Å²) in [5, 5.41) is 11.2. The summed E-state index contributed by atoms with van der Waals surface area (Å²) in [6, 6.07) is 3.93. The van der Waals surface area contributed by atoms with Gasteiger partial charge in [-0.3, -0.25) is 0 Å². The average Bonchev–Trinajstić information content (AvgIpc) is 2.30. The molecule has 0 saturated heterocycles. The van der Waals surface area contributed by atoms with E-state index in [1.54, 1.807) is 0 Å². The zero-order valence-electron chi connectivity index (χ0n) is 10.5. The van der Waals surface area contributed by atoms with E-state index in [0.29, 0.717) is 18.7 Å². The quantitative estimate of drug-likeness (QED) is 0.788. The predicted octanol–water partition coefficient (Wildman–Crippen LogP) is 2.08. The molecular weight excluding hydrogens is 218 g/mol. The molecule has 0 saturated carbocycles. The lowest BCUT2D eigenvalue weighted by atomic mass is 10.1. The van der Waals surface area contributed by atoms with Crippen molar-refractivity contribution in [3.05, 3.63) is 28.8 Å². The van der Waals surface area contributed by atoms with Crippen molar-refractivity contribution in [2.75, 3.05) is 13.2 Å². The Kier molecular flexibility index (Phi) is 4.97. The molecule has 0 aliphatic rings. The highest BCUT2D eigenvalue weighted by molar-refractivity contribution is 5.71. The van der Waals surface area contributed by atoms with Crippen molar-refractivity contribution in [3.8, 4) is 5.75 Å². The number of hydrogen-bond donors (Lipinski definition) is 2. The fourth-order valence-electron chi connectivity index (χ4n) is 1.48. The third-order valence-electron chi connectivity index (χ3n) is 2.67. The highest BCUT2D eigenvalue weighted by Gasteiger charge is 2.10. The molecule has 4 heteroatoms. The third kappa shape index (κ3) is 3.75. The molecule has 0 fully saturated rings. The molecule has 1 aromatic rings. The second kappa shape index (κ2) is 6.25. The van der Waals surface area contributed by atoms with Crippen LogP contribution in [0.5, 0.6) is 5.75 Å². The molecular formula is C13H19NO3. The molecule has 0 aliphatic carbocycles. The van der Waals surface area contributed by atoms with Gasteiger partial charge in [-0.1, -0.05) is 12.1 Å². The molecule has 17 heavy (non-hydrogen) atoms. The monoisotopic (exact) mass is 237 g/mol. The van der Waals surface area contributed by atoms with E-state index in [1.165, 1.54) is 0 Å². The summed E-state index contributed by atoms with van der Waals surface area (Å²) in [6.45, 7) is 6.29. The van der Waals surface area contributed by atoms with Crippen molar-refractivity contribution in [2.45, 2.75) is 27.2 Å². The Morgan fingerprint density at radius 3 is 2.59 bits per heavy atom. The lowest BCUT2D eigenvalue weighted by Crippen LogP contribution is -2.28. The highest BCUT2D eigenvalue weighted by atomic mass is 16.6. The Balaban J connectivity index is 2.68. The number of carbonyl (C=O) groups is 1. The summed E-state index contributed by atoms with van der Waals surface area (Å²) in [7, 11) is 0. The minimum atomic E-state index is -0.477. The van der Waals surface area contributed by atoms with Gasteiger partial charge in [0.15, 0.2) is 0 Å². The van der Waals surface area contributed by atoms with Crippen molar-refractivity contribution in [1.82, 2.24) is 5.32 Å². The first-order valence-corrected chi connectivity index (χ1v) is 5.69. The Morgan fingerprint density at radius 2 is 1.94 bits per heavy atom. The summed E-state index contributed by atoms with van der Waals surface area (Å²) in [6.07, 6.45) is 0.0520. The first-order chi connectivity index (χ1) is 8.06. The summed E-state index contributed by atoms with van der Waals surface area (Å²) in [5.41, 5.74) is 3.00. The summed E-state index contributed by atoms with van der Waals surface area (Å²) < 4.78 is 5.27. The van der Waals surface area contributed by atoms with Crippen LogP contribution in [0.15, 0.2) is 12.1 Å². The van der Waals surface area contributed by atoms with Crippen LogP contribution in [0.1, 0.15) is 23.1 Å². The van der Waals surface area contributed by atoms with Gasteiger partial charge in [-0.25, -0.2) is 4.79 Å². The number of amides is 1. The number of aliphatic hydroxyl groups is 1. The number of carbonyl (C=O) groups excluding carboxylic acids is 1. The molecule has 94 valence electrons. The van der Waals surface area contributed by atoms with Crippen LogP contribution in [0, 0.1) is 20.8 Å². The molecule has 0 spiro atoms. The van der Waals surface area contributed by atoms with Crippen LogP contribution >= 0.6 is 0 Å². The Morgan fingerprint density at radius 1 is 1.29 bits per heavy atom. The SMILES string of the molecule is Cc1ccc(C)c(OC(=O)NCCCO)c1C. The van der Waals surface area contributed by atoms with Gasteiger partial charge < -0.3 is 15.2 Å². The molecule has 1 rings (SSSR count). The van der Waals surface area contributed by atoms with E-state index < -0.39 is 6.09 Å². The lowest BCUT2D eigenvalue weighted by Gasteiger charge is -2.12. The molecule has 0 heterocycles. The van der Waals surface area contributed by atoms with Crippen molar-refractivity contribution in [3.63, 3.8) is 0 Å². The average molecular weight is 237 g/mol. The highest BCUT2D eigenvalue weighted by Crippen LogP contribution is 2.25. The topological polar surface area (TPSA) is 58.6 Å². The van der Waals surface area contributed by atoms with Gasteiger partial charge in [0.1, 0.15) is 5.75 Å². The predicted molar refractivity (Wildman–Crippen MR) is 66.4 cm³/mol. The van der Waals surface area contributed by atoms with Crippen LogP contribution in [-0.4, -0.2) is 24.4 Å². The van der Waals surface area contributed by atoms with Gasteiger partial charge in [0.2, 0.25) is 0 Å². The molecule has 0 aliphatic heterocycles. The van der Waals surface area contributed by atoms with E-state index in [1.807, 2.05) is 32.9 Å². The number of ether oxygens (including phenoxy) is 1. The van der Waals surface area contributed by atoms with Crippen LogP contribution < -0.4 is 10.1 Å². The zero-order valence-corrected chi connectivity index (χ0v) is 10.5. The normalized spacial score (nSPS) is 10.1. The minimum Gasteiger partial charge on any atom is -0.410 e. The van der Waals surface area contributed by atoms with Gasteiger partial charge >= 0.3 is 6.09 Å². The maximum atomic E-state index is 11.5. The molecule has 0 atom stereocenters. The largest absolute Gasteiger partial charge is 0.412 e. The van der Waals surface area contributed by atoms with Gasteiger partial charge in [0, 0.05) is 13.2 Å². The maximum absolute atomic E-state index is 11.5. The number of hydrogen-bond acceptors (Lipinski definition) is 3. The van der Waals surface area contributed by atoms with E-state index in [-0.39, 0.29) is 6.61 Å². The number of rotatable bonds is 4. The van der Waals surface area contributed by atoms with Crippen LogP contribution in [0.4, 0.5) is 4.79 Å². The van der Waals surface area contributed by atoms with E-state index in [0.717, 1.165) is 16.7 Å². The van der Waals surface area contributed by atoms with E-state index in [9.17, 15) is 4.79 Å². The van der Waals surface area contributed by atoms with Crippen molar-refractivity contribution in [1.29, 1.82) is 0 Å².